The molecule has 0 unspecified atom stereocenters. The van der Waals surface area contributed by atoms with Crippen LogP contribution in [0.3, 0.4) is 0 Å². The zero-order chi connectivity index (χ0) is 13.0. The zero-order valence-electron chi connectivity index (χ0n) is 9.36. The summed E-state index contributed by atoms with van der Waals surface area (Å²) in [6.07, 6.45) is 1.64. The average molecular weight is 309 g/mol. The summed E-state index contributed by atoms with van der Waals surface area (Å²) in [4.78, 5) is 15.9. The normalized spacial score (nSPS) is 10.1. The molecule has 92 valence electrons. The second kappa shape index (κ2) is 5.73. The van der Waals surface area contributed by atoms with Crippen LogP contribution >= 0.6 is 15.9 Å². The molecule has 5 heteroatoms. The fourth-order valence-electron chi connectivity index (χ4n) is 1.44. The maximum atomic E-state index is 13.4. The van der Waals surface area contributed by atoms with Crippen LogP contribution in [0.25, 0.3) is 0 Å². The summed E-state index contributed by atoms with van der Waals surface area (Å²) in [5.74, 6) is -1.00. The van der Waals surface area contributed by atoms with Gasteiger partial charge in [-0.05, 0) is 30.3 Å². The quantitative estimate of drug-likeness (QED) is 0.947. The Labute approximate surface area is 112 Å². The second-order valence-corrected chi connectivity index (χ2v) is 4.54. The molecule has 0 fully saturated rings. The Kier molecular flexibility index (Phi) is 4.04. The van der Waals surface area contributed by atoms with Gasteiger partial charge in [-0.3, -0.25) is 9.78 Å². The van der Waals surface area contributed by atoms with Crippen LogP contribution in [-0.2, 0) is 6.54 Å². The van der Waals surface area contributed by atoms with Crippen molar-refractivity contribution in [1.29, 1.82) is 0 Å². The Morgan fingerprint density at radius 3 is 2.89 bits per heavy atom. The van der Waals surface area contributed by atoms with E-state index in [1.165, 1.54) is 12.1 Å². The molecule has 0 saturated heterocycles. The zero-order valence-corrected chi connectivity index (χ0v) is 10.9. The Morgan fingerprint density at radius 2 is 2.17 bits per heavy atom. The van der Waals surface area contributed by atoms with E-state index in [0.717, 1.165) is 5.69 Å². The first-order valence-corrected chi connectivity index (χ1v) is 6.09. The fourth-order valence-corrected chi connectivity index (χ4v) is 1.80. The van der Waals surface area contributed by atoms with Crippen LogP contribution in [0.2, 0.25) is 0 Å². The van der Waals surface area contributed by atoms with Crippen molar-refractivity contribution < 1.29 is 9.18 Å². The fraction of sp³-hybridized carbons (Fsp3) is 0.0769. The van der Waals surface area contributed by atoms with E-state index < -0.39 is 11.7 Å². The third kappa shape index (κ3) is 3.13. The number of benzene rings is 1. The highest BCUT2D eigenvalue weighted by atomic mass is 79.9. The second-order valence-electron chi connectivity index (χ2n) is 3.63. The molecule has 1 amide bonds. The highest BCUT2D eigenvalue weighted by molar-refractivity contribution is 9.10. The summed E-state index contributed by atoms with van der Waals surface area (Å²) in [5, 5.41) is 2.62. The largest absolute Gasteiger partial charge is 0.346 e. The maximum Gasteiger partial charge on any atom is 0.254 e. The van der Waals surface area contributed by atoms with Gasteiger partial charge >= 0.3 is 0 Å². The Bertz CT molecular complexity index is 560. The van der Waals surface area contributed by atoms with Crippen LogP contribution in [0.1, 0.15) is 16.1 Å². The number of pyridine rings is 1. The van der Waals surface area contributed by atoms with Crippen molar-refractivity contribution in [2.75, 3.05) is 0 Å². The molecule has 1 N–H and O–H groups in total. The van der Waals surface area contributed by atoms with Gasteiger partial charge in [0, 0.05) is 10.7 Å². The van der Waals surface area contributed by atoms with Gasteiger partial charge in [0.15, 0.2) is 0 Å². The van der Waals surface area contributed by atoms with Crippen molar-refractivity contribution in [3.63, 3.8) is 0 Å². The Balaban J connectivity index is 2.06. The molecule has 1 aromatic heterocycles. The third-order valence-corrected chi connectivity index (χ3v) is 2.82. The van der Waals surface area contributed by atoms with Gasteiger partial charge in [0.2, 0.25) is 0 Å². The lowest BCUT2D eigenvalue weighted by Crippen LogP contribution is -2.24. The number of nitrogens with one attached hydrogen (secondary N) is 1. The Hall–Kier alpha value is -1.75. The van der Waals surface area contributed by atoms with Crippen LogP contribution in [0.15, 0.2) is 47.1 Å². The van der Waals surface area contributed by atoms with Gasteiger partial charge < -0.3 is 5.32 Å². The van der Waals surface area contributed by atoms with Gasteiger partial charge in [-0.2, -0.15) is 0 Å². The third-order valence-electron chi connectivity index (χ3n) is 2.33. The van der Waals surface area contributed by atoms with Crippen LogP contribution in [0.5, 0.6) is 0 Å². The van der Waals surface area contributed by atoms with E-state index in [0.29, 0.717) is 4.47 Å². The molecule has 3 nitrogen and oxygen atoms in total. The molecule has 18 heavy (non-hydrogen) atoms. The lowest BCUT2D eigenvalue weighted by atomic mass is 10.2. The van der Waals surface area contributed by atoms with Gasteiger partial charge in [-0.15, -0.1) is 0 Å². The van der Waals surface area contributed by atoms with Crippen LogP contribution in [0.4, 0.5) is 4.39 Å². The number of halogens is 2. The van der Waals surface area contributed by atoms with E-state index in [1.54, 1.807) is 24.4 Å². The van der Waals surface area contributed by atoms with Crippen molar-refractivity contribution in [1.82, 2.24) is 10.3 Å². The minimum absolute atomic E-state index is 0.0142. The van der Waals surface area contributed by atoms with Crippen LogP contribution in [-0.4, -0.2) is 10.9 Å². The van der Waals surface area contributed by atoms with Gasteiger partial charge in [-0.1, -0.05) is 22.0 Å². The van der Waals surface area contributed by atoms with E-state index >= 15 is 0 Å². The van der Waals surface area contributed by atoms with Crippen molar-refractivity contribution >= 4 is 21.8 Å². The number of rotatable bonds is 3. The predicted octanol–water partition coefficient (Wildman–Crippen LogP) is 2.91. The highest BCUT2D eigenvalue weighted by Gasteiger charge is 2.11. The standard InChI is InChI=1S/C13H10BrFN2O/c14-9-4-5-12(15)11(7-9)13(18)17-8-10-3-1-2-6-16-10/h1-7H,8H2,(H,17,18). The van der Waals surface area contributed by atoms with Crippen LogP contribution < -0.4 is 5.32 Å². The number of carbonyl (C=O) groups excluding carboxylic acids is 1. The molecule has 0 spiro atoms. The average Bonchev–Trinajstić information content (AvgIpc) is 2.40. The monoisotopic (exact) mass is 308 g/mol. The number of hydrogen-bond acceptors (Lipinski definition) is 2. The van der Waals surface area contributed by atoms with E-state index in [1.807, 2.05) is 6.07 Å². The summed E-state index contributed by atoms with van der Waals surface area (Å²) in [6.45, 7) is 0.269. The number of amides is 1. The van der Waals surface area contributed by atoms with E-state index in [2.05, 4.69) is 26.2 Å². The summed E-state index contributed by atoms with van der Waals surface area (Å²) >= 11 is 3.20. The van der Waals surface area contributed by atoms with Gasteiger partial charge in [-0.25, -0.2) is 4.39 Å². The molecule has 0 aliphatic carbocycles. The van der Waals surface area contributed by atoms with Gasteiger partial charge in [0.05, 0.1) is 17.8 Å². The minimum Gasteiger partial charge on any atom is -0.346 e. The molecule has 0 bridgehead atoms. The molecule has 2 rings (SSSR count). The maximum absolute atomic E-state index is 13.4. The van der Waals surface area contributed by atoms with Gasteiger partial charge in [0.25, 0.3) is 5.91 Å². The highest BCUT2D eigenvalue weighted by Crippen LogP contribution is 2.15. The van der Waals surface area contributed by atoms with Gasteiger partial charge in [0.1, 0.15) is 5.82 Å². The van der Waals surface area contributed by atoms with E-state index in [-0.39, 0.29) is 12.1 Å². The molecule has 0 saturated carbocycles. The number of carbonyl (C=O) groups is 1. The first-order valence-electron chi connectivity index (χ1n) is 5.30. The van der Waals surface area contributed by atoms with Crippen molar-refractivity contribution in [2.45, 2.75) is 6.54 Å². The topological polar surface area (TPSA) is 42.0 Å². The Morgan fingerprint density at radius 1 is 1.33 bits per heavy atom. The number of nitrogens with zero attached hydrogens (tertiary/aromatic N) is 1. The molecule has 1 heterocycles. The molecule has 0 atom stereocenters. The van der Waals surface area contributed by atoms with Crippen molar-refractivity contribution in [3.05, 3.63) is 64.1 Å². The minimum atomic E-state index is -0.545. The first kappa shape index (κ1) is 12.7. The summed E-state index contributed by atoms with van der Waals surface area (Å²) in [5.41, 5.74) is 0.738. The lowest BCUT2D eigenvalue weighted by molar-refractivity contribution is 0.0946. The predicted molar refractivity (Wildman–Crippen MR) is 69.5 cm³/mol. The molecule has 2 aromatic rings. The molecular weight excluding hydrogens is 299 g/mol. The summed E-state index contributed by atoms with van der Waals surface area (Å²) < 4.78 is 14.1. The van der Waals surface area contributed by atoms with Crippen molar-refractivity contribution in [2.24, 2.45) is 0 Å². The first-order chi connectivity index (χ1) is 8.66. The summed E-state index contributed by atoms with van der Waals surface area (Å²) in [6, 6.07) is 9.65. The smallest absolute Gasteiger partial charge is 0.254 e. The molecule has 0 radical (unpaired) electrons. The number of hydrogen-bond donors (Lipinski definition) is 1. The van der Waals surface area contributed by atoms with Crippen molar-refractivity contribution in [3.8, 4) is 0 Å². The van der Waals surface area contributed by atoms with E-state index in [4.69, 9.17) is 0 Å². The lowest BCUT2D eigenvalue weighted by Gasteiger charge is -2.06. The van der Waals surface area contributed by atoms with Crippen LogP contribution in [0, 0.1) is 5.82 Å². The molecular formula is C13H10BrFN2O. The molecule has 1 aromatic carbocycles. The SMILES string of the molecule is O=C(NCc1ccccn1)c1cc(Br)ccc1F. The molecule has 0 aliphatic rings. The molecule has 0 aliphatic heterocycles. The number of aromatic nitrogens is 1. The summed E-state index contributed by atoms with van der Waals surface area (Å²) in [7, 11) is 0. The van der Waals surface area contributed by atoms with E-state index in [9.17, 15) is 9.18 Å².